The lowest BCUT2D eigenvalue weighted by Gasteiger charge is -2.13. The van der Waals surface area contributed by atoms with Crippen LogP contribution in [-0.2, 0) is 0 Å². The first-order valence-electron chi connectivity index (χ1n) is 9.29. The SMILES string of the molecule is COc1cc(C(=O)/C=C/c2c(-c3ccc(F)cc3)nc3sccn23)cc(OC)c1OC. The van der Waals surface area contributed by atoms with E-state index in [2.05, 4.69) is 4.98 Å². The standard InChI is InChI=1S/C23H19FN2O4S/c1-28-19-12-15(13-20(29-2)22(19)30-3)18(27)9-8-17-21(14-4-6-16(24)7-5-14)25-23-26(17)10-11-31-23/h4-13H,1-3H3/b9-8+. The van der Waals surface area contributed by atoms with Gasteiger partial charge in [-0.05, 0) is 48.6 Å². The average molecular weight is 438 g/mol. The highest BCUT2D eigenvalue weighted by Gasteiger charge is 2.17. The molecule has 0 spiro atoms. The zero-order chi connectivity index (χ0) is 22.0. The molecule has 31 heavy (non-hydrogen) atoms. The zero-order valence-electron chi connectivity index (χ0n) is 17.1. The number of carbonyl (C=O) groups is 1. The first-order valence-corrected chi connectivity index (χ1v) is 10.2. The Morgan fingerprint density at radius 3 is 2.35 bits per heavy atom. The number of halogens is 1. The second-order valence-electron chi connectivity index (χ2n) is 6.52. The molecule has 0 bridgehead atoms. The van der Waals surface area contributed by atoms with Crippen LogP contribution in [0.5, 0.6) is 17.2 Å². The molecule has 0 saturated heterocycles. The molecule has 0 radical (unpaired) electrons. The first-order chi connectivity index (χ1) is 15.0. The minimum absolute atomic E-state index is 0.241. The minimum atomic E-state index is -0.320. The molecule has 0 unspecified atom stereocenters. The average Bonchev–Trinajstić information content (AvgIpc) is 3.38. The number of nitrogens with zero attached hydrogens (tertiary/aromatic N) is 2. The lowest BCUT2D eigenvalue weighted by Crippen LogP contribution is -2.00. The summed E-state index contributed by atoms with van der Waals surface area (Å²) in [6.07, 6.45) is 5.05. The van der Waals surface area contributed by atoms with Crippen LogP contribution < -0.4 is 14.2 Å². The van der Waals surface area contributed by atoms with Crippen molar-refractivity contribution in [2.24, 2.45) is 0 Å². The van der Waals surface area contributed by atoms with Crippen molar-refractivity contribution in [2.45, 2.75) is 0 Å². The maximum absolute atomic E-state index is 13.4. The van der Waals surface area contributed by atoms with E-state index in [0.29, 0.717) is 28.5 Å². The molecular formula is C23H19FN2O4S. The molecule has 0 fully saturated rings. The number of ketones is 1. The number of benzene rings is 2. The molecule has 0 saturated carbocycles. The fourth-order valence-corrected chi connectivity index (χ4v) is 3.98. The van der Waals surface area contributed by atoms with E-state index in [0.717, 1.165) is 16.2 Å². The van der Waals surface area contributed by atoms with Gasteiger partial charge in [-0.1, -0.05) is 0 Å². The number of rotatable bonds is 7. The van der Waals surface area contributed by atoms with Crippen LogP contribution in [0.15, 0.2) is 54.1 Å². The van der Waals surface area contributed by atoms with Crippen molar-refractivity contribution in [3.63, 3.8) is 0 Å². The molecule has 2 aromatic carbocycles. The second-order valence-corrected chi connectivity index (χ2v) is 7.39. The fraction of sp³-hybridized carbons (Fsp3) is 0.130. The van der Waals surface area contributed by atoms with E-state index in [1.54, 1.807) is 30.3 Å². The summed E-state index contributed by atoms with van der Waals surface area (Å²) in [6.45, 7) is 0. The van der Waals surface area contributed by atoms with Crippen LogP contribution in [0, 0.1) is 5.82 Å². The highest BCUT2D eigenvalue weighted by molar-refractivity contribution is 7.15. The quantitative estimate of drug-likeness (QED) is 0.296. The van der Waals surface area contributed by atoms with E-state index in [9.17, 15) is 9.18 Å². The summed E-state index contributed by atoms with van der Waals surface area (Å²) in [7, 11) is 4.50. The maximum Gasteiger partial charge on any atom is 0.203 e. The van der Waals surface area contributed by atoms with Gasteiger partial charge in [-0.25, -0.2) is 9.37 Å². The summed E-state index contributed by atoms with van der Waals surface area (Å²) in [5.41, 5.74) is 2.54. The Morgan fingerprint density at radius 1 is 1.06 bits per heavy atom. The van der Waals surface area contributed by atoms with Crippen molar-refractivity contribution in [3.05, 3.63) is 71.1 Å². The number of thiazole rings is 1. The Kier molecular flexibility index (Phi) is 5.73. The van der Waals surface area contributed by atoms with Crippen LogP contribution in [0.2, 0.25) is 0 Å². The molecular weight excluding hydrogens is 419 g/mol. The van der Waals surface area contributed by atoms with E-state index >= 15 is 0 Å². The van der Waals surface area contributed by atoms with Crippen LogP contribution in [0.3, 0.4) is 0 Å². The summed E-state index contributed by atoms with van der Waals surface area (Å²) < 4.78 is 31.2. The fourth-order valence-electron chi connectivity index (χ4n) is 3.26. The molecule has 0 amide bonds. The molecule has 4 rings (SSSR count). The normalized spacial score (nSPS) is 11.2. The predicted molar refractivity (Wildman–Crippen MR) is 118 cm³/mol. The molecule has 8 heteroatoms. The number of aromatic nitrogens is 2. The molecule has 0 aliphatic rings. The Labute approximate surface area is 182 Å². The summed E-state index contributed by atoms with van der Waals surface area (Å²) in [5.74, 6) is 0.652. The lowest BCUT2D eigenvalue weighted by molar-refractivity contribution is 0.104. The van der Waals surface area contributed by atoms with Gasteiger partial charge in [0.25, 0.3) is 0 Å². The molecule has 0 aliphatic heterocycles. The topological polar surface area (TPSA) is 62.1 Å². The molecule has 0 aliphatic carbocycles. The van der Waals surface area contributed by atoms with Crippen molar-refractivity contribution in [3.8, 4) is 28.5 Å². The predicted octanol–water partition coefficient (Wildman–Crippen LogP) is 5.12. The van der Waals surface area contributed by atoms with Gasteiger partial charge in [0.05, 0.1) is 32.7 Å². The summed E-state index contributed by atoms with van der Waals surface area (Å²) in [6, 6.07) is 9.31. The molecule has 4 aromatic rings. The number of ether oxygens (including phenoxy) is 3. The number of hydrogen-bond acceptors (Lipinski definition) is 6. The molecule has 6 nitrogen and oxygen atoms in total. The van der Waals surface area contributed by atoms with Crippen molar-refractivity contribution in [1.82, 2.24) is 9.38 Å². The summed E-state index contributed by atoms with van der Waals surface area (Å²) >= 11 is 1.48. The number of hydrogen-bond donors (Lipinski definition) is 0. The van der Waals surface area contributed by atoms with Gasteiger partial charge in [0.1, 0.15) is 5.82 Å². The highest BCUT2D eigenvalue weighted by atomic mass is 32.1. The number of imidazole rings is 1. The van der Waals surface area contributed by atoms with Crippen LogP contribution in [-0.4, -0.2) is 36.5 Å². The van der Waals surface area contributed by atoms with Gasteiger partial charge in [-0.15, -0.1) is 11.3 Å². The van der Waals surface area contributed by atoms with Gasteiger partial charge in [0, 0.05) is 22.7 Å². The zero-order valence-corrected chi connectivity index (χ0v) is 17.9. The smallest absolute Gasteiger partial charge is 0.203 e. The van der Waals surface area contributed by atoms with Gasteiger partial charge >= 0.3 is 0 Å². The number of carbonyl (C=O) groups excluding carboxylic acids is 1. The van der Waals surface area contributed by atoms with E-state index in [1.807, 2.05) is 16.0 Å². The largest absolute Gasteiger partial charge is 0.493 e. The van der Waals surface area contributed by atoms with Gasteiger partial charge in [0.15, 0.2) is 22.2 Å². The summed E-state index contributed by atoms with van der Waals surface area (Å²) in [5, 5.41) is 1.91. The van der Waals surface area contributed by atoms with Gasteiger partial charge in [-0.2, -0.15) is 0 Å². The highest BCUT2D eigenvalue weighted by Crippen LogP contribution is 2.38. The number of allylic oxidation sites excluding steroid dienone is 1. The molecule has 2 aromatic heterocycles. The number of methoxy groups -OCH3 is 3. The van der Waals surface area contributed by atoms with Crippen molar-refractivity contribution < 1.29 is 23.4 Å². The molecule has 0 atom stereocenters. The summed E-state index contributed by atoms with van der Waals surface area (Å²) in [4.78, 5) is 18.3. The monoisotopic (exact) mass is 438 g/mol. The van der Waals surface area contributed by atoms with E-state index in [1.165, 1.54) is 50.9 Å². The third-order valence-electron chi connectivity index (χ3n) is 4.76. The van der Waals surface area contributed by atoms with E-state index in [-0.39, 0.29) is 11.6 Å². The second kappa shape index (κ2) is 8.61. The molecule has 158 valence electrons. The van der Waals surface area contributed by atoms with Gasteiger partial charge in [0.2, 0.25) is 5.75 Å². The third-order valence-corrected chi connectivity index (χ3v) is 5.52. The minimum Gasteiger partial charge on any atom is -0.493 e. The van der Waals surface area contributed by atoms with Crippen molar-refractivity contribution in [1.29, 1.82) is 0 Å². The van der Waals surface area contributed by atoms with Crippen LogP contribution in [0.25, 0.3) is 22.3 Å². The van der Waals surface area contributed by atoms with Crippen molar-refractivity contribution >= 4 is 28.2 Å². The van der Waals surface area contributed by atoms with E-state index in [4.69, 9.17) is 14.2 Å². The molecule has 0 N–H and O–H groups in total. The Balaban J connectivity index is 1.74. The number of fused-ring (bicyclic) bond motifs is 1. The molecule has 2 heterocycles. The van der Waals surface area contributed by atoms with Crippen LogP contribution in [0.1, 0.15) is 16.1 Å². The van der Waals surface area contributed by atoms with Crippen LogP contribution >= 0.6 is 11.3 Å². The Morgan fingerprint density at radius 2 is 1.74 bits per heavy atom. The van der Waals surface area contributed by atoms with Gasteiger partial charge < -0.3 is 14.2 Å². The lowest BCUT2D eigenvalue weighted by atomic mass is 10.1. The maximum atomic E-state index is 13.4. The van der Waals surface area contributed by atoms with Crippen LogP contribution in [0.4, 0.5) is 4.39 Å². The first kappa shape index (κ1) is 20.6. The van der Waals surface area contributed by atoms with Gasteiger partial charge in [-0.3, -0.25) is 9.20 Å². The van der Waals surface area contributed by atoms with Crippen molar-refractivity contribution in [2.75, 3.05) is 21.3 Å². The third kappa shape index (κ3) is 3.89. The Bertz CT molecular complexity index is 1250. The Hall–Kier alpha value is -3.65. The van der Waals surface area contributed by atoms with E-state index < -0.39 is 0 Å².